The van der Waals surface area contributed by atoms with Gasteiger partial charge in [0.25, 0.3) is 0 Å². The molecule has 0 saturated carbocycles. The zero-order valence-corrected chi connectivity index (χ0v) is 27.7. The maximum Gasteiger partial charge on any atom is 0.494 e. The normalized spacial score (nSPS) is 20.4. The van der Waals surface area contributed by atoms with E-state index in [1.165, 1.54) is 0 Å². The minimum absolute atomic E-state index is 0.293. The second-order valence-electron chi connectivity index (χ2n) is 12.0. The number of hydrogen-bond donors (Lipinski definition) is 2. The van der Waals surface area contributed by atoms with Crippen LogP contribution >= 0.6 is 10.7 Å². The second kappa shape index (κ2) is 12.4. The van der Waals surface area contributed by atoms with Gasteiger partial charge in [0.15, 0.2) is 0 Å². The van der Waals surface area contributed by atoms with Gasteiger partial charge in [0.1, 0.15) is 0 Å². The van der Waals surface area contributed by atoms with Gasteiger partial charge in [-0.2, -0.15) is 0 Å². The molecule has 10 nitrogen and oxygen atoms in total. The van der Waals surface area contributed by atoms with Crippen LogP contribution in [0, 0.1) is 0 Å². The molecule has 4 rings (SSSR count). The molecule has 2 heterocycles. The van der Waals surface area contributed by atoms with E-state index in [-0.39, 0.29) is 29.5 Å². The van der Waals surface area contributed by atoms with E-state index in [9.17, 15) is 16.8 Å². The zero-order chi connectivity index (χ0) is 31.7. The number of hydrogen-bond acceptors (Lipinski definition) is 9. The summed E-state index contributed by atoms with van der Waals surface area (Å²) < 4.78 is 67.2. The number of nitrogens with two attached hydrogens (primary N) is 1. The Balaban J connectivity index is 0.000000251. The molecule has 2 aromatic rings. The van der Waals surface area contributed by atoms with Crippen LogP contribution in [0.2, 0.25) is 0 Å². The van der Waals surface area contributed by atoms with Crippen molar-refractivity contribution >= 4 is 66.3 Å². The highest BCUT2D eigenvalue weighted by molar-refractivity contribution is 8.13. The summed E-state index contributed by atoms with van der Waals surface area (Å²) in [6, 6.07) is 14.6. The summed E-state index contributed by atoms with van der Waals surface area (Å²) in [5.41, 5.74) is 7.43. The van der Waals surface area contributed by atoms with Gasteiger partial charge in [0.05, 0.1) is 34.9 Å². The third kappa shape index (κ3) is 10.5. The van der Waals surface area contributed by atoms with Crippen molar-refractivity contribution in [1.82, 2.24) is 0 Å². The van der Waals surface area contributed by atoms with E-state index in [0.717, 1.165) is 29.1 Å². The van der Waals surface area contributed by atoms with Gasteiger partial charge in [-0.3, -0.25) is 4.72 Å². The first-order chi connectivity index (χ1) is 18.3. The lowest BCUT2D eigenvalue weighted by molar-refractivity contribution is 0.00578. The first-order valence-electron chi connectivity index (χ1n) is 12.9. The van der Waals surface area contributed by atoms with Crippen LogP contribution in [0.3, 0.4) is 0 Å². The SMILES string of the molecule is CC1(C)OB(c2ccc(N)cc2)OC1(C)C.CC1(C)OB(c2ccc(NS(C)(=O)=O)cc2)OC1(C)C.CS(=O)(=O)Cl. The Labute approximate surface area is 250 Å². The summed E-state index contributed by atoms with van der Waals surface area (Å²) in [4.78, 5) is 0. The number of benzene rings is 2. The molecule has 2 fully saturated rings. The van der Waals surface area contributed by atoms with Crippen molar-refractivity contribution in [3.8, 4) is 0 Å². The van der Waals surface area contributed by atoms with Crippen LogP contribution in [0.15, 0.2) is 48.5 Å². The van der Waals surface area contributed by atoms with E-state index in [2.05, 4.69) is 15.4 Å². The van der Waals surface area contributed by atoms with Gasteiger partial charge in [0.2, 0.25) is 19.1 Å². The highest BCUT2D eigenvalue weighted by Gasteiger charge is 2.52. The van der Waals surface area contributed by atoms with Gasteiger partial charge in [-0.05, 0) is 90.6 Å². The van der Waals surface area contributed by atoms with Gasteiger partial charge >= 0.3 is 14.2 Å². The van der Waals surface area contributed by atoms with E-state index in [1.807, 2.05) is 79.7 Å². The maximum absolute atomic E-state index is 11.2. The summed E-state index contributed by atoms with van der Waals surface area (Å²) in [7, 11) is -2.69. The van der Waals surface area contributed by atoms with E-state index in [0.29, 0.717) is 5.69 Å². The molecule has 0 aromatic heterocycles. The molecule has 0 spiro atoms. The fourth-order valence-electron chi connectivity index (χ4n) is 3.53. The Morgan fingerprint density at radius 2 is 0.902 bits per heavy atom. The Bertz CT molecular complexity index is 1360. The Morgan fingerprint density at radius 1 is 0.634 bits per heavy atom. The molecular weight excluding hydrogens is 590 g/mol. The standard InChI is InChI=1S/C13H20BNO4S.C12H18BNO2.CH3ClO2S/c1-12(2)13(3,4)19-14(18-12)10-6-8-11(9-7-10)15-20(5,16)17;1-11(2)12(3,4)16-13(15-11)9-5-7-10(14)8-6-9;1-5(2,3)4/h6-9,15H,1-5H3;5-8H,14H2,1-4H3;1H3. The van der Waals surface area contributed by atoms with Crippen molar-refractivity contribution in [3.05, 3.63) is 48.5 Å². The molecule has 0 atom stereocenters. The number of anilines is 2. The van der Waals surface area contributed by atoms with Crippen molar-refractivity contribution in [1.29, 1.82) is 0 Å². The van der Waals surface area contributed by atoms with E-state index in [1.54, 1.807) is 24.3 Å². The van der Waals surface area contributed by atoms with Crippen LogP contribution in [0.1, 0.15) is 55.4 Å². The van der Waals surface area contributed by atoms with Crippen molar-refractivity contribution in [2.45, 2.75) is 77.8 Å². The molecule has 0 amide bonds. The van der Waals surface area contributed by atoms with Crippen LogP contribution in [0.5, 0.6) is 0 Å². The predicted octanol–water partition coefficient (Wildman–Crippen LogP) is 3.11. The van der Waals surface area contributed by atoms with Gasteiger partial charge in [-0.15, -0.1) is 0 Å². The maximum atomic E-state index is 11.2. The first-order valence-corrected chi connectivity index (χ1v) is 17.5. The summed E-state index contributed by atoms with van der Waals surface area (Å²) in [5.74, 6) is 0. The molecule has 2 aliphatic heterocycles. The van der Waals surface area contributed by atoms with Gasteiger partial charge < -0.3 is 24.4 Å². The third-order valence-corrected chi connectivity index (χ3v) is 7.81. The average molecular weight is 631 g/mol. The zero-order valence-electron chi connectivity index (χ0n) is 25.3. The first kappa shape index (κ1) is 35.4. The summed E-state index contributed by atoms with van der Waals surface area (Å²) in [6.45, 7) is 16.2. The predicted molar refractivity (Wildman–Crippen MR) is 168 cm³/mol. The number of nitrogen functional groups attached to an aromatic ring is 1. The second-order valence-corrected chi connectivity index (χ2v) is 16.8. The third-order valence-electron chi connectivity index (χ3n) is 7.20. The van der Waals surface area contributed by atoms with Crippen molar-refractivity contribution < 1.29 is 35.5 Å². The average Bonchev–Trinajstić information content (AvgIpc) is 3.12. The Morgan fingerprint density at radius 3 is 1.17 bits per heavy atom. The van der Waals surface area contributed by atoms with E-state index in [4.69, 9.17) is 24.4 Å². The van der Waals surface area contributed by atoms with Gasteiger partial charge in [-0.25, -0.2) is 16.8 Å². The minimum atomic E-state index is -3.26. The quantitative estimate of drug-likeness (QED) is 0.296. The smallest absolute Gasteiger partial charge is 0.399 e. The van der Waals surface area contributed by atoms with Crippen LogP contribution in [0.25, 0.3) is 0 Å². The summed E-state index contributed by atoms with van der Waals surface area (Å²) >= 11 is 0. The molecule has 2 aliphatic rings. The highest BCUT2D eigenvalue weighted by atomic mass is 35.7. The number of nitrogens with one attached hydrogen (secondary N) is 1. The van der Waals surface area contributed by atoms with E-state index < -0.39 is 26.2 Å². The summed E-state index contributed by atoms with van der Waals surface area (Å²) in [6.07, 6.45) is 2.05. The molecule has 2 aromatic carbocycles. The molecule has 0 bridgehead atoms. The number of rotatable bonds is 4. The molecule has 41 heavy (non-hydrogen) atoms. The lowest BCUT2D eigenvalue weighted by atomic mass is 9.79. The van der Waals surface area contributed by atoms with Crippen LogP contribution in [-0.4, -0.2) is 66.0 Å². The molecule has 228 valence electrons. The molecule has 2 saturated heterocycles. The lowest BCUT2D eigenvalue weighted by Gasteiger charge is -2.32. The fraction of sp³-hybridized carbons (Fsp3) is 0.538. The molecule has 15 heteroatoms. The fourth-order valence-corrected chi connectivity index (χ4v) is 4.10. The van der Waals surface area contributed by atoms with Gasteiger partial charge in [-0.1, -0.05) is 24.3 Å². The minimum Gasteiger partial charge on any atom is -0.399 e. The monoisotopic (exact) mass is 630 g/mol. The molecule has 0 aliphatic carbocycles. The number of sulfonamides is 1. The molecule has 0 radical (unpaired) electrons. The Kier molecular flexibility index (Phi) is 10.7. The van der Waals surface area contributed by atoms with Crippen LogP contribution in [0.4, 0.5) is 11.4 Å². The number of halogens is 1. The van der Waals surface area contributed by atoms with Crippen molar-refractivity contribution in [3.63, 3.8) is 0 Å². The topological polar surface area (TPSA) is 143 Å². The van der Waals surface area contributed by atoms with Gasteiger partial charge in [0, 0.05) is 22.1 Å². The molecular formula is C26H41B2ClN2O8S2. The lowest BCUT2D eigenvalue weighted by Crippen LogP contribution is -2.41. The van der Waals surface area contributed by atoms with Crippen molar-refractivity contribution in [2.75, 3.05) is 23.0 Å². The van der Waals surface area contributed by atoms with Crippen LogP contribution < -0.4 is 21.4 Å². The van der Waals surface area contributed by atoms with Crippen LogP contribution in [-0.2, 0) is 37.7 Å². The van der Waals surface area contributed by atoms with E-state index >= 15 is 0 Å². The largest absolute Gasteiger partial charge is 0.494 e. The summed E-state index contributed by atoms with van der Waals surface area (Å²) in [5, 5.41) is 0. The Hall–Kier alpha value is -1.80. The highest BCUT2D eigenvalue weighted by Crippen LogP contribution is 2.37. The van der Waals surface area contributed by atoms with Crippen molar-refractivity contribution in [2.24, 2.45) is 0 Å². The molecule has 3 N–H and O–H groups in total. The molecule has 0 unspecified atom stereocenters.